The van der Waals surface area contributed by atoms with Gasteiger partial charge in [0.25, 0.3) is 5.91 Å². The first kappa shape index (κ1) is 17.2. The lowest BCUT2D eigenvalue weighted by atomic mass is 10.3. The van der Waals surface area contributed by atoms with Crippen LogP contribution in [0.3, 0.4) is 0 Å². The number of nitrogens with one attached hydrogen (secondary N) is 1. The van der Waals surface area contributed by atoms with E-state index in [9.17, 15) is 4.79 Å². The van der Waals surface area contributed by atoms with E-state index in [0.29, 0.717) is 31.0 Å². The first-order chi connectivity index (χ1) is 12.0. The van der Waals surface area contributed by atoms with Gasteiger partial charge >= 0.3 is 0 Å². The van der Waals surface area contributed by atoms with Gasteiger partial charge in [-0.2, -0.15) is 13.8 Å². The van der Waals surface area contributed by atoms with Crippen LogP contribution in [0, 0.1) is 27.7 Å². The number of rotatable bonds is 6. The van der Waals surface area contributed by atoms with Crippen molar-refractivity contribution in [1.29, 1.82) is 0 Å². The lowest BCUT2D eigenvalue weighted by Crippen LogP contribution is -2.28. The van der Waals surface area contributed by atoms with E-state index in [2.05, 4.69) is 29.5 Å². The third-order valence-corrected chi connectivity index (χ3v) is 4.61. The van der Waals surface area contributed by atoms with Crippen LogP contribution in [0.2, 0.25) is 0 Å². The molecule has 0 atom stereocenters. The van der Waals surface area contributed by atoms with Gasteiger partial charge in [-0.25, -0.2) is 4.68 Å². The molecule has 0 saturated heterocycles. The standard InChI is InChI=1S/C15H20N8OS/c1-9-7-10(2)22(18-9)6-5-16-15(24)14-12(4)23(21-17-14)8-13-11(3)19-25-20-13/h7H,5-6,8H2,1-4H3,(H,16,24). The van der Waals surface area contributed by atoms with Gasteiger partial charge in [0, 0.05) is 12.2 Å². The highest BCUT2D eigenvalue weighted by Gasteiger charge is 2.17. The number of amides is 1. The summed E-state index contributed by atoms with van der Waals surface area (Å²) in [6.45, 7) is 9.21. The van der Waals surface area contributed by atoms with Crippen molar-refractivity contribution in [3.8, 4) is 0 Å². The van der Waals surface area contributed by atoms with Crippen molar-refractivity contribution in [3.63, 3.8) is 0 Å². The molecule has 3 aromatic rings. The summed E-state index contributed by atoms with van der Waals surface area (Å²) in [4.78, 5) is 12.3. The van der Waals surface area contributed by atoms with Gasteiger partial charge in [0.15, 0.2) is 5.69 Å². The molecular formula is C15H20N8OS. The Kier molecular flexibility index (Phi) is 4.88. The third-order valence-electron chi connectivity index (χ3n) is 3.96. The van der Waals surface area contributed by atoms with Crippen LogP contribution in [-0.4, -0.2) is 46.0 Å². The second-order valence-electron chi connectivity index (χ2n) is 5.88. The minimum Gasteiger partial charge on any atom is -0.349 e. The summed E-state index contributed by atoms with van der Waals surface area (Å²) in [5.74, 6) is -0.238. The molecule has 0 saturated carbocycles. The van der Waals surface area contributed by atoms with Crippen molar-refractivity contribution >= 4 is 17.6 Å². The molecule has 10 heteroatoms. The number of carbonyl (C=O) groups is 1. The Morgan fingerprint density at radius 2 is 2.00 bits per heavy atom. The van der Waals surface area contributed by atoms with Crippen LogP contribution >= 0.6 is 11.7 Å². The molecule has 0 spiro atoms. The van der Waals surface area contributed by atoms with Crippen molar-refractivity contribution in [2.24, 2.45) is 0 Å². The highest BCUT2D eigenvalue weighted by atomic mass is 32.1. The molecule has 0 fully saturated rings. The van der Waals surface area contributed by atoms with E-state index in [0.717, 1.165) is 22.8 Å². The van der Waals surface area contributed by atoms with Crippen LogP contribution in [0.5, 0.6) is 0 Å². The fourth-order valence-electron chi connectivity index (χ4n) is 2.52. The molecule has 3 rings (SSSR count). The number of hydrogen-bond acceptors (Lipinski definition) is 7. The predicted octanol–water partition coefficient (Wildman–Crippen LogP) is 1.04. The molecule has 0 radical (unpaired) electrons. The second-order valence-corrected chi connectivity index (χ2v) is 6.41. The van der Waals surface area contributed by atoms with Crippen molar-refractivity contribution in [3.05, 3.63) is 40.2 Å². The topological polar surface area (TPSA) is 103 Å². The quantitative estimate of drug-likeness (QED) is 0.704. The van der Waals surface area contributed by atoms with E-state index in [1.165, 1.54) is 11.7 Å². The Bertz CT molecular complexity index is 893. The summed E-state index contributed by atoms with van der Waals surface area (Å²) in [7, 11) is 0. The van der Waals surface area contributed by atoms with Crippen molar-refractivity contribution < 1.29 is 4.79 Å². The number of nitrogens with zero attached hydrogens (tertiary/aromatic N) is 7. The molecule has 0 aromatic carbocycles. The van der Waals surface area contributed by atoms with Crippen LogP contribution in [0.25, 0.3) is 0 Å². The van der Waals surface area contributed by atoms with Crippen LogP contribution < -0.4 is 5.32 Å². The Hall–Kier alpha value is -2.62. The number of hydrogen-bond donors (Lipinski definition) is 1. The number of aromatic nitrogens is 7. The van der Waals surface area contributed by atoms with Gasteiger partial charge in [0.05, 0.1) is 47.6 Å². The highest BCUT2D eigenvalue weighted by Crippen LogP contribution is 2.10. The van der Waals surface area contributed by atoms with Crippen LogP contribution in [0.15, 0.2) is 6.07 Å². The Morgan fingerprint density at radius 3 is 2.64 bits per heavy atom. The van der Waals surface area contributed by atoms with Gasteiger partial charge in [-0.05, 0) is 33.8 Å². The minimum absolute atomic E-state index is 0.238. The van der Waals surface area contributed by atoms with Gasteiger partial charge in [-0.3, -0.25) is 9.48 Å². The average molecular weight is 360 g/mol. The summed E-state index contributed by atoms with van der Waals surface area (Å²) in [5.41, 5.74) is 4.78. The molecule has 9 nitrogen and oxygen atoms in total. The molecule has 0 bridgehead atoms. The lowest BCUT2D eigenvalue weighted by molar-refractivity contribution is 0.0946. The zero-order chi connectivity index (χ0) is 18.0. The van der Waals surface area contributed by atoms with E-state index in [4.69, 9.17) is 0 Å². The van der Waals surface area contributed by atoms with Gasteiger partial charge in [0.2, 0.25) is 0 Å². The smallest absolute Gasteiger partial charge is 0.273 e. The number of aryl methyl sites for hydroxylation is 3. The van der Waals surface area contributed by atoms with E-state index in [-0.39, 0.29) is 5.91 Å². The van der Waals surface area contributed by atoms with Gasteiger partial charge in [0.1, 0.15) is 0 Å². The Labute approximate surface area is 149 Å². The van der Waals surface area contributed by atoms with Gasteiger partial charge < -0.3 is 5.32 Å². The first-order valence-electron chi connectivity index (χ1n) is 7.93. The van der Waals surface area contributed by atoms with Crippen LogP contribution in [0.4, 0.5) is 0 Å². The molecule has 0 aliphatic carbocycles. The molecule has 0 unspecified atom stereocenters. The Balaban J connectivity index is 1.61. The first-order valence-corrected chi connectivity index (χ1v) is 8.66. The van der Waals surface area contributed by atoms with Gasteiger partial charge in [-0.15, -0.1) is 5.10 Å². The third kappa shape index (κ3) is 3.73. The zero-order valence-electron chi connectivity index (χ0n) is 14.6. The predicted molar refractivity (Wildman–Crippen MR) is 92.5 cm³/mol. The maximum atomic E-state index is 12.3. The molecule has 132 valence electrons. The largest absolute Gasteiger partial charge is 0.349 e. The molecule has 1 amide bonds. The molecule has 25 heavy (non-hydrogen) atoms. The van der Waals surface area contributed by atoms with Crippen molar-refractivity contribution in [1.82, 2.24) is 38.8 Å². The van der Waals surface area contributed by atoms with Crippen molar-refractivity contribution in [2.75, 3.05) is 6.54 Å². The second kappa shape index (κ2) is 7.09. The van der Waals surface area contributed by atoms with E-state index in [1.807, 2.05) is 38.4 Å². The fourth-order valence-corrected chi connectivity index (χ4v) is 3.07. The van der Waals surface area contributed by atoms with E-state index in [1.54, 1.807) is 4.68 Å². The van der Waals surface area contributed by atoms with E-state index < -0.39 is 0 Å². The number of carbonyl (C=O) groups excluding carboxylic acids is 1. The van der Waals surface area contributed by atoms with Crippen molar-refractivity contribution in [2.45, 2.75) is 40.8 Å². The summed E-state index contributed by atoms with van der Waals surface area (Å²) >= 11 is 1.17. The summed E-state index contributed by atoms with van der Waals surface area (Å²) < 4.78 is 11.9. The lowest BCUT2D eigenvalue weighted by Gasteiger charge is -2.06. The summed E-state index contributed by atoms with van der Waals surface area (Å²) in [5, 5.41) is 15.3. The molecular weight excluding hydrogens is 340 g/mol. The molecule has 0 aliphatic heterocycles. The fraction of sp³-hybridized carbons (Fsp3) is 0.467. The monoisotopic (exact) mass is 360 g/mol. The molecule has 0 aliphatic rings. The van der Waals surface area contributed by atoms with E-state index >= 15 is 0 Å². The van der Waals surface area contributed by atoms with Crippen LogP contribution in [-0.2, 0) is 13.1 Å². The maximum absolute atomic E-state index is 12.3. The maximum Gasteiger partial charge on any atom is 0.273 e. The molecule has 1 N–H and O–H groups in total. The summed E-state index contributed by atoms with van der Waals surface area (Å²) in [6, 6.07) is 2.01. The van der Waals surface area contributed by atoms with Gasteiger partial charge in [-0.1, -0.05) is 5.21 Å². The zero-order valence-corrected chi connectivity index (χ0v) is 15.5. The Morgan fingerprint density at radius 1 is 1.20 bits per heavy atom. The SMILES string of the molecule is Cc1cc(C)n(CCNC(=O)c2nnn(Cc3nsnc3C)c2C)n1. The normalized spacial score (nSPS) is 11.0. The van der Waals surface area contributed by atoms with Crippen LogP contribution in [0.1, 0.15) is 39.0 Å². The highest BCUT2D eigenvalue weighted by molar-refractivity contribution is 6.99. The molecule has 3 heterocycles. The minimum atomic E-state index is -0.238. The summed E-state index contributed by atoms with van der Waals surface area (Å²) in [6.07, 6.45) is 0. The average Bonchev–Trinajstić information content (AvgIpc) is 3.22. The molecule has 3 aromatic heterocycles.